The first kappa shape index (κ1) is 15.2. The third-order valence-corrected chi connectivity index (χ3v) is 3.64. The number of halogens is 1. The molecule has 1 rings (SSSR count). The molecule has 0 bridgehead atoms. The van der Waals surface area contributed by atoms with Gasteiger partial charge >= 0.3 is 0 Å². The van der Waals surface area contributed by atoms with Gasteiger partial charge in [0.1, 0.15) is 0 Å². The summed E-state index contributed by atoms with van der Waals surface area (Å²) in [7, 11) is 1.85. The summed E-state index contributed by atoms with van der Waals surface area (Å²) < 4.78 is 1.05. The smallest absolute Gasteiger partial charge is 0.226 e. The van der Waals surface area contributed by atoms with Crippen molar-refractivity contribution in [3.05, 3.63) is 34.3 Å². The Hall–Kier alpha value is -0.870. The minimum atomic E-state index is 0.0115. The summed E-state index contributed by atoms with van der Waals surface area (Å²) in [5.41, 5.74) is 1.13. The van der Waals surface area contributed by atoms with E-state index in [0.29, 0.717) is 6.54 Å². The van der Waals surface area contributed by atoms with Gasteiger partial charge in [-0.2, -0.15) is 0 Å². The van der Waals surface area contributed by atoms with Crippen LogP contribution in [0.25, 0.3) is 0 Å². The van der Waals surface area contributed by atoms with Gasteiger partial charge in [-0.15, -0.1) is 0 Å². The van der Waals surface area contributed by atoms with Gasteiger partial charge in [0, 0.05) is 30.5 Å². The van der Waals surface area contributed by atoms with E-state index in [0.717, 1.165) is 23.1 Å². The summed E-state index contributed by atoms with van der Waals surface area (Å²) in [6.45, 7) is 6.27. The molecule has 0 spiro atoms. The highest BCUT2D eigenvalue weighted by molar-refractivity contribution is 9.10. The van der Waals surface area contributed by atoms with Gasteiger partial charge in [0.25, 0.3) is 0 Å². The molecule has 18 heavy (non-hydrogen) atoms. The van der Waals surface area contributed by atoms with Crippen molar-refractivity contribution in [2.24, 2.45) is 5.92 Å². The molecule has 100 valence electrons. The molecule has 3 nitrogen and oxygen atoms in total. The van der Waals surface area contributed by atoms with Crippen LogP contribution in [0.3, 0.4) is 0 Å². The molecule has 1 unspecified atom stereocenters. The van der Waals surface area contributed by atoms with Crippen molar-refractivity contribution < 1.29 is 4.79 Å². The van der Waals surface area contributed by atoms with Crippen LogP contribution in [0, 0.1) is 5.92 Å². The number of nitrogens with one attached hydrogen (secondary N) is 1. The van der Waals surface area contributed by atoms with Crippen molar-refractivity contribution in [1.82, 2.24) is 10.2 Å². The van der Waals surface area contributed by atoms with Gasteiger partial charge in [0.15, 0.2) is 0 Å². The predicted molar refractivity (Wildman–Crippen MR) is 78.3 cm³/mol. The first-order valence-electron chi connectivity index (χ1n) is 6.25. The van der Waals surface area contributed by atoms with Crippen LogP contribution in [0.5, 0.6) is 0 Å². The van der Waals surface area contributed by atoms with E-state index in [9.17, 15) is 4.79 Å². The lowest BCUT2D eigenvalue weighted by molar-refractivity contribution is -0.134. The second kappa shape index (κ2) is 7.54. The fourth-order valence-corrected chi connectivity index (χ4v) is 2.19. The zero-order chi connectivity index (χ0) is 13.5. The van der Waals surface area contributed by atoms with Crippen molar-refractivity contribution >= 4 is 21.8 Å². The van der Waals surface area contributed by atoms with Gasteiger partial charge in [-0.1, -0.05) is 48.0 Å². The van der Waals surface area contributed by atoms with E-state index in [2.05, 4.69) is 21.2 Å². The van der Waals surface area contributed by atoms with Crippen molar-refractivity contribution in [2.75, 3.05) is 20.1 Å². The minimum absolute atomic E-state index is 0.0115. The van der Waals surface area contributed by atoms with E-state index in [1.165, 1.54) is 0 Å². The topological polar surface area (TPSA) is 32.3 Å². The third-order valence-electron chi connectivity index (χ3n) is 2.86. The number of amides is 1. The first-order chi connectivity index (χ1) is 8.56. The molecule has 0 aliphatic rings. The standard InChI is InChI=1S/C14H21BrN2O/c1-4-16-9-11(2)14(18)17(3)10-12-7-5-6-8-13(12)15/h5-8,11,16H,4,9-10H2,1-3H3. The summed E-state index contributed by atoms with van der Waals surface area (Å²) in [4.78, 5) is 13.9. The van der Waals surface area contributed by atoms with E-state index in [4.69, 9.17) is 0 Å². The molecule has 4 heteroatoms. The molecule has 0 saturated carbocycles. The third kappa shape index (κ3) is 4.42. The van der Waals surface area contributed by atoms with Gasteiger partial charge in [-0.3, -0.25) is 4.79 Å². The maximum Gasteiger partial charge on any atom is 0.226 e. The predicted octanol–water partition coefficient (Wildman–Crippen LogP) is 2.65. The highest BCUT2D eigenvalue weighted by Gasteiger charge is 2.17. The maximum absolute atomic E-state index is 12.1. The van der Waals surface area contributed by atoms with Gasteiger partial charge in [0.2, 0.25) is 5.91 Å². The molecule has 0 aromatic heterocycles. The summed E-state index contributed by atoms with van der Waals surface area (Å²) in [6.07, 6.45) is 0. The van der Waals surface area contributed by atoms with Crippen LogP contribution >= 0.6 is 15.9 Å². The number of carbonyl (C=O) groups is 1. The van der Waals surface area contributed by atoms with Crippen molar-refractivity contribution in [3.8, 4) is 0 Å². The Morgan fingerprint density at radius 2 is 2.11 bits per heavy atom. The van der Waals surface area contributed by atoms with Gasteiger partial charge < -0.3 is 10.2 Å². The molecule has 0 aliphatic heterocycles. The van der Waals surface area contributed by atoms with E-state index < -0.39 is 0 Å². The molecule has 0 aliphatic carbocycles. The monoisotopic (exact) mass is 312 g/mol. The molecule has 0 saturated heterocycles. The number of nitrogens with zero attached hydrogens (tertiary/aromatic N) is 1. The average Bonchev–Trinajstić information content (AvgIpc) is 2.37. The summed E-state index contributed by atoms with van der Waals surface area (Å²) in [5.74, 6) is 0.184. The van der Waals surface area contributed by atoms with E-state index in [1.807, 2.05) is 45.2 Å². The number of rotatable bonds is 6. The highest BCUT2D eigenvalue weighted by Crippen LogP contribution is 2.17. The second-order valence-electron chi connectivity index (χ2n) is 4.49. The Kier molecular flexibility index (Phi) is 6.36. The lowest BCUT2D eigenvalue weighted by atomic mass is 10.1. The first-order valence-corrected chi connectivity index (χ1v) is 7.04. The van der Waals surface area contributed by atoms with E-state index in [1.54, 1.807) is 4.90 Å². The minimum Gasteiger partial charge on any atom is -0.341 e. The van der Waals surface area contributed by atoms with Crippen LogP contribution in [0.2, 0.25) is 0 Å². The second-order valence-corrected chi connectivity index (χ2v) is 5.35. The Labute approximate surface area is 118 Å². The van der Waals surface area contributed by atoms with Crippen molar-refractivity contribution in [1.29, 1.82) is 0 Å². The summed E-state index contributed by atoms with van der Waals surface area (Å²) in [5, 5.41) is 3.20. The number of benzene rings is 1. The summed E-state index contributed by atoms with van der Waals surface area (Å²) in [6, 6.07) is 7.99. The SMILES string of the molecule is CCNCC(C)C(=O)N(C)Cc1ccccc1Br. The molecule has 1 N–H and O–H groups in total. The van der Waals surface area contributed by atoms with Crippen LogP contribution in [0.1, 0.15) is 19.4 Å². The largest absolute Gasteiger partial charge is 0.341 e. The Balaban J connectivity index is 2.57. The Morgan fingerprint density at radius 1 is 1.44 bits per heavy atom. The van der Waals surface area contributed by atoms with Crippen LogP contribution in [-0.2, 0) is 11.3 Å². The number of carbonyl (C=O) groups excluding carboxylic acids is 1. The number of hydrogen-bond donors (Lipinski definition) is 1. The fourth-order valence-electron chi connectivity index (χ4n) is 1.78. The zero-order valence-corrected chi connectivity index (χ0v) is 12.8. The highest BCUT2D eigenvalue weighted by atomic mass is 79.9. The lowest BCUT2D eigenvalue weighted by Crippen LogP contribution is -2.36. The van der Waals surface area contributed by atoms with Gasteiger partial charge in [0.05, 0.1) is 0 Å². The molecular formula is C14H21BrN2O. The maximum atomic E-state index is 12.1. The molecule has 1 atom stereocenters. The van der Waals surface area contributed by atoms with Gasteiger partial charge in [-0.25, -0.2) is 0 Å². The Morgan fingerprint density at radius 3 is 2.72 bits per heavy atom. The van der Waals surface area contributed by atoms with Crippen molar-refractivity contribution in [2.45, 2.75) is 20.4 Å². The molecule has 1 amide bonds. The van der Waals surface area contributed by atoms with E-state index in [-0.39, 0.29) is 11.8 Å². The summed E-state index contributed by atoms with van der Waals surface area (Å²) >= 11 is 3.50. The molecule has 0 fully saturated rings. The Bertz CT molecular complexity index is 395. The van der Waals surface area contributed by atoms with Crippen LogP contribution < -0.4 is 5.32 Å². The average molecular weight is 313 g/mol. The van der Waals surface area contributed by atoms with Gasteiger partial charge in [-0.05, 0) is 18.2 Å². The van der Waals surface area contributed by atoms with Crippen LogP contribution in [-0.4, -0.2) is 30.9 Å². The normalized spacial score (nSPS) is 12.2. The quantitative estimate of drug-likeness (QED) is 0.876. The molecule has 1 aromatic carbocycles. The lowest BCUT2D eigenvalue weighted by Gasteiger charge is -2.22. The number of hydrogen-bond acceptors (Lipinski definition) is 2. The molecule has 1 aromatic rings. The zero-order valence-electron chi connectivity index (χ0n) is 11.2. The van der Waals surface area contributed by atoms with Crippen LogP contribution in [0.15, 0.2) is 28.7 Å². The van der Waals surface area contributed by atoms with E-state index >= 15 is 0 Å². The van der Waals surface area contributed by atoms with Crippen LogP contribution in [0.4, 0.5) is 0 Å². The molecule has 0 radical (unpaired) electrons. The van der Waals surface area contributed by atoms with Crippen molar-refractivity contribution in [3.63, 3.8) is 0 Å². The molecule has 0 heterocycles. The molecular weight excluding hydrogens is 292 g/mol. The fraction of sp³-hybridized carbons (Fsp3) is 0.500.